The molecule has 0 radical (unpaired) electrons. The summed E-state index contributed by atoms with van der Waals surface area (Å²) in [5.41, 5.74) is 0.549. The Bertz CT molecular complexity index is 605. The molecule has 0 unspecified atom stereocenters. The van der Waals surface area contributed by atoms with E-state index in [9.17, 15) is 9.59 Å². The minimum atomic E-state index is -0.0482. The Balaban J connectivity index is 1.69. The fourth-order valence-corrected chi connectivity index (χ4v) is 3.04. The Morgan fingerprint density at radius 2 is 1.50 bits per heavy atom. The summed E-state index contributed by atoms with van der Waals surface area (Å²) in [7, 11) is 3.13. The van der Waals surface area contributed by atoms with Crippen LogP contribution in [-0.4, -0.2) is 62.0 Å². The van der Waals surface area contributed by atoms with E-state index in [1.165, 1.54) is 0 Å². The van der Waals surface area contributed by atoms with Crippen molar-refractivity contribution in [3.63, 3.8) is 0 Å². The van der Waals surface area contributed by atoms with Gasteiger partial charge in [0.15, 0.2) is 0 Å². The van der Waals surface area contributed by atoms with Crippen molar-refractivity contribution < 1.29 is 19.1 Å². The molecule has 6 heteroatoms. The van der Waals surface area contributed by atoms with Gasteiger partial charge in [0.1, 0.15) is 11.5 Å². The number of benzene rings is 1. The Labute approximate surface area is 142 Å². The first-order valence-corrected chi connectivity index (χ1v) is 8.43. The van der Waals surface area contributed by atoms with Gasteiger partial charge in [0.2, 0.25) is 5.91 Å². The van der Waals surface area contributed by atoms with Crippen molar-refractivity contribution in [1.82, 2.24) is 9.80 Å². The third-order valence-corrected chi connectivity index (χ3v) is 4.62. The van der Waals surface area contributed by atoms with Crippen molar-refractivity contribution in [2.75, 3.05) is 40.4 Å². The van der Waals surface area contributed by atoms with Gasteiger partial charge >= 0.3 is 0 Å². The van der Waals surface area contributed by atoms with E-state index < -0.39 is 0 Å². The number of rotatable bonds is 4. The largest absolute Gasteiger partial charge is 0.497 e. The van der Waals surface area contributed by atoms with Crippen LogP contribution in [0.5, 0.6) is 11.5 Å². The van der Waals surface area contributed by atoms with Crippen molar-refractivity contribution in [3.05, 3.63) is 23.8 Å². The van der Waals surface area contributed by atoms with Crippen LogP contribution in [0.15, 0.2) is 18.2 Å². The highest BCUT2D eigenvalue weighted by molar-refractivity contribution is 5.95. The molecule has 1 aromatic rings. The normalized spacial score (nSPS) is 18.1. The number of hydrogen-bond acceptors (Lipinski definition) is 4. The summed E-state index contributed by atoms with van der Waals surface area (Å²) in [5.74, 6) is 1.63. The summed E-state index contributed by atoms with van der Waals surface area (Å²) in [5, 5.41) is 0. The number of carbonyl (C=O) groups excluding carboxylic acids is 2. The van der Waals surface area contributed by atoms with E-state index >= 15 is 0 Å². The molecular formula is C18H24N2O4. The standard InChI is InChI=1S/C18H24N2O4/c1-23-15-10-14(11-16(12-15)24-2)18(22)20-7-3-6-19(8-9-20)17(21)13-4-5-13/h10-13H,3-9H2,1-2H3. The van der Waals surface area contributed by atoms with E-state index in [4.69, 9.17) is 9.47 Å². The highest BCUT2D eigenvalue weighted by Crippen LogP contribution is 2.31. The van der Waals surface area contributed by atoms with Gasteiger partial charge in [0.05, 0.1) is 14.2 Å². The summed E-state index contributed by atoms with van der Waals surface area (Å²) in [6.45, 7) is 2.58. The molecule has 1 aliphatic carbocycles. The van der Waals surface area contributed by atoms with E-state index in [-0.39, 0.29) is 17.7 Å². The molecule has 0 spiro atoms. The number of methoxy groups -OCH3 is 2. The lowest BCUT2D eigenvalue weighted by Crippen LogP contribution is -2.38. The number of nitrogens with zero attached hydrogens (tertiary/aromatic N) is 2. The van der Waals surface area contributed by atoms with Gasteiger partial charge in [0, 0.05) is 43.7 Å². The van der Waals surface area contributed by atoms with Crippen LogP contribution in [0.1, 0.15) is 29.6 Å². The maximum absolute atomic E-state index is 12.8. The van der Waals surface area contributed by atoms with Gasteiger partial charge in [-0.25, -0.2) is 0 Å². The minimum Gasteiger partial charge on any atom is -0.497 e. The molecule has 1 saturated carbocycles. The monoisotopic (exact) mass is 332 g/mol. The first kappa shape index (κ1) is 16.6. The Morgan fingerprint density at radius 3 is 2.08 bits per heavy atom. The summed E-state index contributed by atoms with van der Waals surface area (Å²) in [6, 6.07) is 5.20. The summed E-state index contributed by atoms with van der Waals surface area (Å²) >= 11 is 0. The van der Waals surface area contributed by atoms with Crippen LogP contribution < -0.4 is 9.47 Å². The third kappa shape index (κ3) is 3.63. The van der Waals surface area contributed by atoms with Crippen molar-refractivity contribution in [2.45, 2.75) is 19.3 Å². The first-order valence-electron chi connectivity index (χ1n) is 8.43. The lowest BCUT2D eigenvalue weighted by molar-refractivity contribution is -0.132. The van der Waals surface area contributed by atoms with Crippen molar-refractivity contribution in [3.8, 4) is 11.5 Å². The predicted molar refractivity (Wildman–Crippen MR) is 89.4 cm³/mol. The maximum Gasteiger partial charge on any atom is 0.254 e. The maximum atomic E-state index is 12.8. The van der Waals surface area contributed by atoms with Gasteiger partial charge in [-0.05, 0) is 31.4 Å². The summed E-state index contributed by atoms with van der Waals surface area (Å²) in [6.07, 6.45) is 2.84. The lowest BCUT2D eigenvalue weighted by Gasteiger charge is -2.22. The number of carbonyl (C=O) groups is 2. The molecule has 0 N–H and O–H groups in total. The molecule has 1 heterocycles. The van der Waals surface area contributed by atoms with Crippen molar-refractivity contribution >= 4 is 11.8 Å². The second kappa shape index (κ2) is 7.11. The van der Waals surface area contributed by atoms with E-state index in [1.54, 1.807) is 32.4 Å². The quantitative estimate of drug-likeness (QED) is 0.843. The second-order valence-electron chi connectivity index (χ2n) is 6.35. The number of hydrogen-bond donors (Lipinski definition) is 0. The van der Waals surface area contributed by atoms with Crippen LogP contribution in [0, 0.1) is 5.92 Å². The molecule has 24 heavy (non-hydrogen) atoms. The molecule has 0 atom stereocenters. The van der Waals surface area contributed by atoms with Gasteiger partial charge in [-0.2, -0.15) is 0 Å². The molecule has 1 saturated heterocycles. The topological polar surface area (TPSA) is 59.1 Å². The molecule has 2 amide bonds. The van der Waals surface area contributed by atoms with Crippen molar-refractivity contribution in [1.29, 1.82) is 0 Å². The van der Waals surface area contributed by atoms with Crippen LogP contribution in [0.3, 0.4) is 0 Å². The van der Waals surface area contributed by atoms with Crippen LogP contribution in [0.2, 0.25) is 0 Å². The SMILES string of the molecule is COc1cc(OC)cc(C(=O)N2CCCN(C(=O)C3CC3)CC2)c1. The third-order valence-electron chi connectivity index (χ3n) is 4.62. The zero-order valence-electron chi connectivity index (χ0n) is 14.3. The zero-order valence-corrected chi connectivity index (χ0v) is 14.3. The van der Waals surface area contributed by atoms with Crippen LogP contribution in [0.4, 0.5) is 0 Å². The average molecular weight is 332 g/mol. The number of amides is 2. The highest BCUT2D eigenvalue weighted by atomic mass is 16.5. The highest BCUT2D eigenvalue weighted by Gasteiger charge is 2.34. The molecule has 0 bridgehead atoms. The van der Waals surface area contributed by atoms with E-state index in [1.807, 2.05) is 9.80 Å². The molecule has 1 aliphatic heterocycles. The second-order valence-corrected chi connectivity index (χ2v) is 6.35. The van der Waals surface area contributed by atoms with Gasteiger partial charge in [-0.15, -0.1) is 0 Å². The number of ether oxygens (including phenoxy) is 2. The predicted octanol–water partition coefficient (Wildman–Crippen LogP) is 1.79. The Hall–Kier alpha value is -2.24. The lowest BCUT2D eigenvalue weighted by atomic mass is 10.1. The van der Waals surface area contributed by atoms with Crippen LogP contribution in [-0.2, 0) is 4.79 Å². The molecule has 0 aromatic heterocycles. The molecule has 130 valence electrons. The van der Waals surface area contributed by atoms with E-state index in [0.717, 1.165) is 25.8 Å². The fraction of sp³-hybridized carbons (Fsp3) is 0.556. The molecule has 3 rings (SSSR count). The van der Waals surface area contributed by atoms with E-state index in [0.29, 0.717) is 36.7 Å². The van der Waals surface area contributed by atoms with Gasteiger partial charge < -0.3 is 19.3 Å². The van der Waals surface area contributed by atoms with Crippen LogP contribution in [0.25, 0.3) is 0 Å². The smallest absolute Gasteiger partial charge is 0.254 e. The molecular weight excluding hydrogens is 308 g/mol. The van der Waals surface area contributed by atoms with Gasteiger partial charge in [-0.1, -0.05) is 0 Å². The Morgan fingerprint density at radius 1 is 0.917 bits per heavy atom. The summed E-state index contributed by atoms with van der Waals surface area (Å²) < 4.78 is 10.5. The average Bonchev–Trinajstić information content (AvgIpc) is 3.46. The minimum absolute atomic E-state index is 0.0482. The molecule has 1 aromatic carbocycles. The van der Waals surface area contributed by atoms with E-state index in [2.05, 4.69) is 0 Å². The summed E-state index contributed by atoms with van der Waals surface area (Å²) in [4.78, 5) is 28.8. The fourth-order valence-electron chi connectivity index (χ4n) is 3.04. The first-order chi connectivity index (χ1) is 11.6. The zero-order chi connectivity index (χ0) is 17.1. The molecule has 6 nitrogen and oxygen atoms in total. The van der Waals surface area contributed by atoms with Gasteiger partial charge in [-0.3, -0.25) is 9.59 Å². The molecule has 2 aliphatic rings. The van der Waals surface area contributed by atoms with Crippen molar-refractivity contribution in [2.24, 2.45) is 5.92 Å². The Kier molecular flexibility index (Phi) is 4.92. The van der Waals surface area contributed by atoms with Gasteiger partial charge in [0.25, 0.3) is 5.91 Å². The molecule has 2 fully saturated rings. The van der Waals surface area contributed by atoms with Crippen LogP contribution >= 0.6 is 0 Å².